The van der Waals surface area contributed by atoms with Crippen molar-refractivity contribution in [3.63, 3.8) is 0 Å². The van der Waals surface area contributed by atoms with Gasteiger partial charge in [-0.05, 0) is 43.5 Å². The summed E-state index contributed by atoms with van der Waals surface area (Å²) in [6.45, 7) is 3.08. The normalized spacial score (nSPS) is 17.4. The minimum Gasteiger partial charge on any atom is -0.353 e. The van der Waals surface area contributed by atoms with Gasteiger partial charge in [-0.3, -0.25) is 14.2 Å². The lowest BCUT2D eigenvalue weighted by Crippen LogP contribution is -2.36. The molecule has 29 heavy (non-hydrogen) atoms. The van der Waals surface area contributed by atoms with Crippen LogP contribution in [-0.2, 0) is 18.4 Å². The fourth-order valence-electron chi connectivity index (χ4n) is 4.39. The number of nitrogens with zero attached hydrogens (tertiary/aromatic N) is 4. The Morgan fingerprint density at radius 3 is 2.83 bits per heavy atom. The monoisotopic (exact) mass is 392 g/mol. The molecule has 0 radical (unpaired) electrons. The van der Waals surface area contributed by atoms with Crippen LogP contribution in [0.4, 0.5) is 0 Å². The van der Waals surface area contributed by atoms with E-state index in [1.165, 1.54) is 5.69 Å². The zero-order valence-electron chi connectivity index (χ0n) is 17.2. The maximum Gasteiger partial charge on any atom is 0.261 e. The number of para-hydroxylation sites is 1. The first-order valence-corrected chi connectivity index (χ1v) is 10.4. The van der Waals surface area contributed by atoms with Gasteiger partial charge in [0.15, 0.2) is 0 Å². The van der Waals surface area contributed by atoms with E-state index in [0.717, 1.165) is 43.3 Å². The van der Waals surface area contributed by atoms with Gasteiger partial charge in [0.05, 0.1) is 23.3 Å². The van der Waals surface area contributed by atoms with Crippen molar-refractivity contribution in [1.29, 1.82) is 0 Å². The Morgan fingerprint density at radius 2 is 2.03 bits per heavy atom. The molecule has 3 heterocycles. The van der Waals surface area contributed by atoms with Crippen LogP contribution < -0.4 is 5.56 Å². The highest BCUT2D eigenvalue weighted by Gasteiger charge is 2.28. The fourth-order valence-corrected chi connectivity index (χ4v) is 4.39. The van der Waals surface area contributed by atoms with E-state index in [2.05, 4.69) is 15.6 Å². The number of rotatable bonds is 4. The Balaban J connectivity index is 1.54. The van der Waals surface area contributed by atoms with Gasteiger partial charge in [0.25, 0.3) is 5.56 Å². The molecule has 1 fully saturated rings. The van der Waals surface area contributed by atoms with Crippen molar-refractivity contribution in [3.05, 3.63) is 64.5 Å². The summed E-state index contributed by atoms with van der Waals surface area (Å²) in [6.07, 6.45) is 8.21. The van der Waals surface area contributed by atoms with E-state index in [1.54, 1.807) is 17.0 Å². The minimum absolute atomic E-state index is 0.0821. The summed E-state index contributed by atoms with van der Waals surface area (Å²) in [5.74, 6) is 0.106. The van der Waals surface area contributed by atoms with Gasteiger partial charge in [0, 0.05) is 38.4 Å². The molecular formula is C23H28N4O2. The summed E-state index contributed by atoms with van der Waals surface area (Å²) in [7, 11) is 2.03. The molecule has 6 heteroatoms. The van der Waals surface area contributed by atoms with Crippen LogP contribution in [0.15, 0.2) is 47.7 Å². The number of amides is 1. The molecule has 1 aliphatic heterocycles. The van der Waals surface area contributed by atoms with Crippen molar-refractivity contribution < 1.29 is 4.79 Å². The second kappa shape index (κ2) is 8.23. The molecule has 6 nitrogen and oxygen atoms in total. The highest BCUT2D eigenvalue weighted by atomic mass is 16.2. The van der Waals surface area contributed by atoms with E-state index in [-0.39, 0.29) is 17.5 Å². The lowest BCUT2D eigenvalue weighted by atomic mass is 10.1. The zero-order chi connectivity index (χ0) is 20.4. The number of aromatic nitrogens is 3. The number of carbonyl (C=O) groups excluding carboxylic acids is 1. The minimum atomic E-state index is -0.0821. The molecule has 1 atom stereocenters. The zero-order valence-corrected chi connectivity index (χ0v) is 17.2. The first-order valence-electron chi connectivity index (χ1n) is 10.4. The van der Waals surface area contributed by atoms with Gasteiger partial charge in [-0.2, -0.15) is 0 Å². The van der Waals surface area contributed by atoms with Gasteiger partial charge in [-0.1, -0.05) is 25.0 Å². The lowest BCUT2D eigenvalue weighted by Gasteiger charge is -2.31. The average Bonchev–Trinajstić information content (AvgIpc) is 2.99. The van der Waals surface area contributed by atoms with Gasteiger partial charge < -0.3 is 9.47 Å². The van der Waals surface area contributed by atoms with E-state index in [4.69, 9.17) is 0 Å². The summed E-state index contributed by atoms with van der Waals surface area (Å²) >= 11 is 0. The third-order valence-electron chi connectivity index (χ3n) is 6.02. The Morgan fingerprint density at radius 1 is 1.17 bits per heavy atom. The third-order valence-corrected chi connectivity index (χ3v) is 6.02. The number of hydrogen-bond donors (Lipinski definition) is 0. The molecule has 4 rings (SSSR count). The van der Waals surface area contributed by atoms with Crippen molar-refractivity contribution in [2.24, 2.45) is 7.05 Å². The fraction of sp³-hybridized carbons (Fsp3) is 0.435. The van der Waals surface area contributed by atoms with E-state index < -0.39 is 0 Å². The highest BCUT2D eigenvalue weighted by molar-refractivity contribution is 5.80. The predicted octanol–water partition coefficient (Wildman–Crippen LogP) is 3.58. The highest BCUT2D eigenvalue weighted by Crippen LogP contribution is 2.30. The molecule has 0 unspecified atom stereocenters. The molecule has 2 aromatic heterocycles. The standard InChI is InChI=1S/C23H28N4O2/c1-17-8-6-9-18-22(17)24-16-26(23(18)29)15-12-21(28)27-14-5-3-4-10-20(27)19-11-7-13-25(19)2/h6-9,11,13,16,20H,3-5,10,12,14-15H2,1-2H3/t20-/m0/s1. The second-order valence-corrected chi connectivity index (χ2v) is 7.96. The summed E-state index contributed by atoms with van der Waals surface area (Å²) < 4.78 is 3.67. The molecule has 0 aliphatic carbocycles. The molecule has 1 aliphatic rings. The Labute approximate surface area is 170 Å². The summed E-state index contributed by atoms with van der Waals surface area (Å²) in [4.78, 5) is 32.4. The number of likely N-dealkylation sites (tertiary alicyclic amines) is 1. The maximum atomic E-state index is 13.2. The molecule has 0 N–H and O–H groups in total. The van der Waals surface area contributed by atoms with Crippen molar-refractivity contribution in [1.82, 2.24) is 19.0 Å². The first kappa shape index (κ1) is 19.4. The third kappa shape index (κ3) is 3.84. The summed E-state index contributed by atoms with van der Waals surface area (Å²) in [5.41, 5.74) is 2.82. The van der Waals surface area contributed by atoms with Gasteiger partial charge in [-0.15, -0.1) is 0 Å². The van der Waals surface area contributed by atoms with Crippen molar-refractivity contribution >= 4 is 16.8 Å². The Kier molecular flexibility index (Phi) is 5.51. The second-order valence-electron chi connectivity index (χ2n) is 7.96. The molecule has 0 bridgehead atoms. The SMILES string of the molecule is Cc1cccc2c(=O)n(CCC(=O)N3CCCCC[C@H]3c3cccn3C)cnc12. The van der Waals surface area contributed by atoms with Crippen LogP contribution in [0.2, 0.25) is 0 Å². The number of carbonyl (C=O) groups is 1. The molecule has 1 amide bonds. The number of aryl methyl sites for hydroxylation is 3. The van der Waals surface area contributed by atoms with Crippen LogP contribution in [0, 0.1) is 6.92 Å². The van der Waals surface area contributed by atoms with Gasteiger partial charge in [0.1, 0.15) is 0 Å². The van der Waals surface area contributed by atoms with Crippen molar-refractivity contribution in [3.8, 4) is 0 Å². The van der Waals surface area contributed by atoms with Crippen LogP contribution in [0.5, 0.6) is 0 Å². The van der Waals surface area contributed by atoms with Gasteiger partial charge in [-0.25, -0.2) is 4.98 Å². The summed E-state index contributed by atoms with van der Waals surface area (Å²) in [6, 6.07) is 9.88. The molecule has 3 aromatic rings. The molecule has 1 saturated heterocycles. The van der Waals surface area contributed by atoms with Crippen LogP contribution in [-0.4, -0.2) is 31.5 Å². The number of hydrogen-bond acceptors (Lipinski definition) is 3. The van der Waals surface area contributed by atoms with Gasteiger partial charge in [0.2, 0.25) is 5.91 Å². The van der Waals surface area contributed by atoms with Crippen molar-refractivity contribution in [2.45, 2.75) is 51.6 Å². The van der Waals surface area contributed by atoms with E-state index in [1.807, 2.05) is 43.3 Å². The van der Waals surface area contributed by atoms with E-state index in [0.29, 0.717) is 18.4 Å². The topological polar surface area (TPSA) is 60.1 Å². The van der Waals surface area contributed by atoms with E-state index >= 15 is 0 Å². The first-order chi connectivity index (χ1) is 14.1. The van der Waals surface area contributed by atoms with E-state index in [9.17, 15) is 9.59 Å². The summed E-state index contributed by atoms with van der Waals surface area (Å²) in [5, 5.41) is 0.608. The van der Waals surface area contributed by atoms with Gasteiger partial charge >= 0.3 is 0 Å². The van der Waals surface area contributed by atoms with Crippen LogP contribution in [0.25, 0.3) is 10.9 Å². The molecular weight excluding hydrogens is 364 g/mol. The molecule has 0 spiro atoms. The number of benzene rings is 1. The maximum absolute atomic E-state index is 13.2. The average molecular weight is 393 g/mol. The smallest absolute Gasteiger partial charge is 0.261 e. The predicted molar refractivity (Wildman–Crippen MR) is 114 cm³/mol. The quantitative estimate of drug-likeness (QED) is 0.682. The number of fused-ring (bicyclic) bond motifs is 1. The molecule has 152 valence electrons. The Bertz CT molecular complexity index is 1080. The van der Waals surface area contributed by atoms with Crippen LogP contribution in [0.1, 0.15) is 49.4 Å². The molecule has 0 saturated carbocycles. The molecule has 1 aromatic carbocycles. The van der Waals surface area contributed by atoms with Crippen LogP contribution >= 0.6 is 0 Å². The van der Waals surface area contributed by atoms with Crippen LogP contribution in [0.3, 0.4) is 0 Å². The largest absolute Gasteiger partial charge is 0.353 e. The van der Waals surface area contributed by atoms with Crippen molar-refractivity contribution in [2.75, 3.05) is 6.54 Å². The Hall–Kier alpha value is -2.89. The lowest BCUT2D eigenvalue weighted by molar-refractivity contribution is -0.134.